The second kappa shape index (κ2) is 9.99. The lowest BCUT2D eigenvalue weighted by atomic mass is 9.88. The van der Waals surface area contributed by atoms with Gasteiger partial charge < -0.3 is 4.90 Å². The molecule has 0 unspecified atom stereocenters. The van der Waals surface area contributed by atoms with Gasteiger partial charge in [-0.1, -0.05) is 42.0 Å². The molecular weight excluding hydrogens is 456 g/mol. The Morgan fingerprint density at radius 1 is 1.00 bits per heavy atom. The Morgan fingerprint density at radius 3 is 2.39 bits per heavy atom. The molecule has 1 aromatic heterocycles. The Kier molecular flexibility index (Phi) is 7.07. The van der Waals surface area contributed by atoms with E-state index >= 15 is 0 Å². The maximum atomic E-state index is 13.0. The maximum absolute atomic E-state index is 13.0. The number of nitrogens with one attached hydrogen (secondary N) is 1. The van der Waals surface area contributed by atoms with Crippen LogP contribution in [0, 0.1) is 12.8 Å². The van der Waals surface area contributed by atoms with Crippen LogP contribution in [0.4, 0.5) is 0 Å². The van der Waals surface area contributed by atoms with E-state index in [-0.39, 0.29) is 29.0 Å². The number of thiophene rings is 1. The number of Topliss-reactive ketones (excluding diaryl/α,β-unsaturated/α-hetero) is 1. The van der Waals surface area contributed by atoms with Crippen molar-refractivity contribution in [1.29, 1.82) is 0 Å². The Labute approximate surface area is 198 Å². The number of piperidine rings is 1. The van der Waals surface area contributed by atoms with Crippen molar-refractivity contribution in [3.63, 3.8) is 0 Å². The number of carbonyl (C=O) groups excluding carboxylic acids is 2. The third kappa shape index (κ3) is 5.58. The van der Waals surface area contributed by atoms with Crippen molar-refractivity contribution in [3.8, 4) is 0 Å². The molecule has 0 aliphatic carbocycles. The van der Waals surface area contributed by atoms with Crippen LogP contribution in [0.5, 0.6) is 0 Å². The molecule has 1 amide bonds. The van der Waals surface area contributed by atoms with Crippen molar-refractivity contribution < 1.29 is 18.0 Å². The van der Waals surface area contributed by atoms with Crippen LogP contribution in [0.25, 0.3) is 0 Å². The molecule has 33 heavy (non-hydrogen) atoms. The van der Waals surface area contributed by atoms with Gasteiger partial charge in [-0.25, -0.2) is 13.1 Å². The standard InChI is InChI=1S/C25H26N2O4S2/c1-18-7-9-19(10-8-18)24(28)20-11-13-27(14-12-20)25(29)21-4-2-6-23(16-21)33(30,31)26-17-22-5-3-15-32-22/h2-10,15-16,20,26H,11-14,17H2,1H3. The molecular formula is C25H26N2O4S2. The summed E-state index contributed by atoms with van der Waals surface area (Å²) in [4.78, 5) is 28.5. The van der Waals surface area contributed by atoms with E-state index in [4.69, 9.17) is 0 Å². The summed E-state index contributed by atoms with van der Waals surface area (Å²) in [5.74, 6) is -0.205. The van der Waals surface area contributed by atoms with E-state index in [0.717, 1.165) is 10.4 Å². The zero-order valence-corrected chi connectivity index (χ0v) is 20.0. The first-order valence-corrected chi connectivity index (χ1v) is 13.2. The Balaban J connectivity index is 1.38. The number of benzene rings is 2. The van der Waals surface area contributed by atoms with E-state index in [9.17, 15) is 18.0 Å². The number of ketones is 1. The molecule has 3 aromatic rings. The molecule has 0 spiro atoms. The van der Waals surface area contributed by atoms with Crippen LogP contribution in [0.1, 0.15) is 44.0 Å². The van der Waals surface area contributed by atoms with Crippen LogP contribution < -0.4 is 4.72 Å². The number of carbonyl (C=O) groups is 2. The Hall–Kier alpha value is -2.81. The fourth-order valence-electron chi connectivity index (χ4n) is 3.94. The van der Waals surface area contributed by atoms with Crippen LogP contribution in [0.3, 0.4) is 0 Å². The van der Waals surface area contributed by atoms with Crippen LogP contribution in [0.2, 0.25) is 0 Å². The highest BCUT2D eigenvalue weighted by Gasteiger charge is 2.29. The molecule has 1 fully saturated rings. The third-order valence-electron chi connectivity index (χ3n) is 5.90. The van der Waals surface area contributed by atoms with Crippen LogP contribution >= 0.6 is 11.3 Å². The zero-order valence-electron chi connectivity index (χ0n) is 18.4. The Bertz CT molecular complexity index is 1230. The average Bonchev–Trinajstić information content (AvgIpc) is 3.36. The van der Waals surface area contributed by atoms with E-state index in [1.807, 2.05) is 48.7 Å². The van der Waals surface area contributed by atoms with Crippen LogP contribution in [-0.4, -0.2) is 38.1 Å². The molecule has 6 nitrogen and oxygen atoms in total. The normalized spacial score (nSPS) is 14.9. The molecule has 1 aliphatic heterocycles. The molecule has 4 rings (SSSR count). The van der Waals surface area contributed by atoms with E-state index in [1.54, 1.807) is 17.0 Å². The second-order valence-electron chi connectivity index (χ2n) is 8.23. The summed E-state index contributed by atoms with van der Waals surface area (Å²) in [5, 5.41) is 1.89. The summed E-state index contributed by atoms with van der Waals surface area (Å²) in [6.07, 6.45) is 1.19. The molecule has 2 heterocycles. The lowest BCUT2D eigenvalue weighted by Crippen LogP contribution is -2.40. The minimum atomic E-state index is -3.74. The summed E-state index contributed by atoms with van der Waals surface area (Å²) in [5.41, 5.74) is 2.15. The fraction of sp³-hybridized carbons (Fsp3) is 0.280. The van der Waals surface area contributed by atoms with E-state index < -0.39 is 10.0 Å². The summed E-state index contributed by atoms with van der Waals surface area (Å²) in [6, 6.07) is 17.4. The monoisotopic (exact) mass is 482 g/mol. The quantitative estimate of drug-likeness (QED) is 0.510. The lowest BCUT2D eigenvalue weighted by molar-refractivity contribution is 0.0650. The van der Waals surface area contributed by atoms with Gasteiger partial charge in [0.05, 0.1) is 4.90 Å². The first-order chi connectivity index (χ1) is 15.8. The summed E-state index contributed by atoms with van der Waals surface area (Å²) in [7, 11) is -3.74. The van der Waals surface area contributed by atoms with E-state index in [0.29, 0.717) is 37.1 Å². The van der Waals surface area contributed by atoms with E-state index in [1.165, 1.54) is 23.5 Å². The SMILES string of the molecule is Cc1ccc(C(=O)C2CCN(C(=O)c3cccc(S(=O)(=O)NCc4cccs4)c3)CC2)cc1. The molecule has 172 valence electrons. The van der Waals surface area contributed by atoms with Crippen molar-refractivity contribution >= 4 is 33.1 Å². The number of hydrogen-bond donors (Lipinski definition) is 1. The molecule has 0 radical (unpaired) electrons. The highest BCUT2D eigenvalue weighted by Crippen LogP contribution is 2.24. The van der Waals surface area contributed by atoms with Gasteiger partial charge in [0.25, 0.3) is 5.91 Å². The summed E-state index contributed by atoms with van der Waals surface area (Å²) >= 11 is 1.48. The number of likely N-dealkylation sites (tertiary alicyclic amines) is 1. The first kappa shape index (κ1) is 23.4. The number of sulfonamides is 1. The molecule has 1 aliphatic rings. The largest absolute Gasteiger partial charge is 0.339 e. The van der Waals surface area contributed by atoms with Gasteiger partial charge >= 0.3 is 0 Å². The van der Waals surface area contributed by atoms with Crippen molar-refractivity contribution in [1.82, 2.24) is 9.62 Å². The van der Waals surface area contributed by atoms with Gasteiger partial charge in [0.15, 0.2) is 5.78 Å². The molecule has 0 atom stereocenters. The van der Waals surface area contributed by atoms with E-state index in [2.05, 4.69) is 4.72 Å². The highest BCUT2D eigenvalue weighted by atomic mass is 32.2. The first-order valence-electron chi connectivity index (χ1n) is 10.9. The smallest absolute Gasteiger partial charge is 0.253 e. The van der Waals surface area contributed by atoms with Gasteiger partial charge in [0.1, 0.15) is 0 Å². The number of nitrogens with zero attached hydrogens (tertiary/aromatic N) is 1. The van der Waals surface area contributed by atoms with Gasteiger partial charge in [0.2, 0.25) is 10.0 Å². The number of rotatable bonds is 7. The number of aryl methyl sites for hydroxylation is 1. The third-order valence-corrected chi connectivity index (χ3v) is 8.17. The predicted molar refractivity (Wildman–Crippen MR) is 129 cm³/mol. The predicted octanol–water partition coefficient (Wildman–Crippen LogP) is 4.27. The summed E-state index contributed by atoms with van der Waals surface area (Å²) < 4.78 is 27.9. The minimum Gasteiger partial charge on any atom is -0.339 e. The van der Waals surface area contributed by atoms with Crippen molar-refractivity contribution in [2.24, 2.45) is 5.92 Å². The fourth-order valence-corrected chi connectivity index (χ4v) is 5.73. The average molecular weight is 483 g/mol. The van der Waals surface area contributed by atoms with Gasteiger partial charge in [-0.2, -0.15) is 0 Å². The lowest BCUT2D eigenvalue weighted by Gasteiger charge is -2.31. The van der Waals surface area contributed by atoms with Gasteiger partial charge in [0, 0.05) is 41.6 Å². The molecule has 1 N–H and O–H groups in total. The Morgan fingerprint density at radius 2 is 1.73 bits per heavy atom. The summed E-state index contributed by atoms with van der Waals surface area (Å²) in [6.45, 7) is 3.13. The number of amides is 1. The molecule has 2 aromatic carbocycles. The van der Waals surface area contributed by atoms with Crippen molar-refractivity contribution in [2.45, 2.75) is 31.2 Å². The molecule has 8 heteroatoms. The second-order valence-corrected chi connectivity index (χ2v) is 11.0. The van der Waals surface area contributed by atoms with Gasteiger partial charge in [-0.15, -0.1) is 11.3 Å². The topological polar surface area (TPSA) is 83.6 Å². The molecule has 1 saturated heterocycles. The van der Waals surface area contributed by atoms with Gasteiger partial charge in [-0.05, 0) is 49.4 Å². The highest BCUT2D eigenvalue weighted by molar-refractivity contribution is 7.89. The molecule has 0 saturated carbocycles. The maximum Gasteiger partial charge on any atom is 0.253 e. The molecule has 0 bridgehead atoms. The van der Waals surface area contributed by atoms with Gasteiger partial charge in [-0.3, -0.25) is 9.59 Å². The zero-order chi connectivity index (χ0) is 23.4. The van der Waals surface area contributed by atoms with Crippen LogP contribution in [-0.2, 0) is 16.6 Å². The number of hydrogen-bond acceptors (Lipinski definition) is 5. The van der Waals surface area contributed by atoms with Crippen molar-refractivity contribution in [2.75, 3.05) is 13.1 Å². The minimum absolute atomic E-state index is 0.0642. The van der Waals surface area contributed by atoms with Crippen molar-refractivity contribution in [3.05, 3.63) is 87.6 Å². The van der Waals surface area contributed by atoms with Crippen LogP contribution in [0.15, 0.2) is 70.9 Å².